The Morgan fingerprint density at radius 1 is 1.12 bits per heavy atom. The molecule has 2 aromatic heterocycles. The lowest BCUT2D eigenvalue weighted by atomic mass is 10.0. The maximum absolute atomic E-state index is 13.0. The van der Waals surface area contributed by atoms with E-state index in [1.165, 1.54) is 0 Å². The fourth-order valence-corrected chi connectivity index (χ4v) is 4.19. The van der Waals surface area contributed by atoms with E-state index < -0.39 is 0 Å². The van der Waals surface area contributed by atoms with Crippen LogP contribution < -0.4 is 26.0 Å². The van der Waals surface area contributed by atoms with Gasteiger partial charge in [0.15, 0.2) is 0 Å². The van der Waals surface area contributed by atoms with Crippen LogP contribution in [0.1, 0.15) is 30.5 Å². The Morgan fingerprint density at radius 2 is 1.78 bits per heavy atom. The van der Waals surface area contributed by atoms with Crippen molar-refractivity contribution >= 4 is 40.0 Å². The summed E-state index contributed by atoms with van der Waals surface area (Å²) in [4.78, 5) is 25.6. The largest absolute Gasteiger partial charge is 0.497 e. The van der Waals surface area contributed by atoms with E-state index in [0.29, 0.717) is 53.2 Å². The molecule has 0 atom stereocenters. The molecule has 0 saturated heterocycles. The molecule has 164 valence electrons. The fourth-order valence-electron chi connectivity index (χ4n) is 4.19. The lowest BCUT2D eigenvalue weighted by Crippen LogP contribution is -2.26. The Balaban J connectivity index is 1.91. The van der Waals surface area contributed by atoms with Crippen molar-refractivity contribution in [1.82, 2.24) is 9.97 Å². The topological polar surface area (TPSA) is 134 Å². The number of benzene rings is 1. The first-order valence-electron chi connectivity index (χ1n) is 10.4. The normalized spacial score (nSPS) is 12.7. The summed E-state index contributed by atoms with van der Waals surface area (Å²) in [6, 6.07) is 9.76. The van der Waals surface area contributed by atoms with E-state index in [2.05, 4.69) is 16.0 Å². The molecule has 0 fully saturated rings. The van der Waals surface area contributed by atoms with E-state index in [9.17, 15) is 10.1 Å². The van der Waals surface area contributed by atoms with Crippen LogP contribution in [-0.4, -0.2) is 36.1 Å². The van der Waals surface area contributed by atoms with Gasteiger partial charge < -0.3 is 21.1 Å². The van der Waals surface area contributed by atoms with Gasteiger partial charge in [-0.2, -0.15) is 5.26 Å². The molecule has 32 heavy (non-hydrogen) atoms. The predicted molar refractivity (Wildman–Crippen MR) is 125 cm³/mol. The number of anilines is 4. The van der Waals surface area contributed by atoms with Crippen LogP contribution in [0.15, 0.2) is 24.3 Å². The Bertz CT molecular complexity index is 1240. The summed E-state index contributed by atoms with van der Waals surface area (Å²) in [5.74, 6) is 1.94. The maximum Gasteiger partial charge on any atom is 0.233 e. The van der Waals surface area contributed by atoms with Crippen LogP contribution in [0.4, 0.5) is 23.3 Å². The van der Waals surface area contributed by atoms with Crippen LogP contribution in [-0.2, 0) is 17.8 Å². The molecule has 9 heteroatoms. The van der Waals surface area contributed by atoms with Crippen molar-refractivity contribution in [2.24, 2.45) is 0 Å². The highest BCUT2D eigenvalue weighted by atomic mass is 16.5. The number of nitrogen functional groups attached to an aromatic ring is 2. The second-order valence-electron chi connectivity index (χ2n) is 7.53. The van der Waals surface area contributed by atoms with Crippen LogP contribution in [0, 0.1) is 11.3 Å². The third-order valence-corrected chi connectivity index (χ3v) is 5.82. The molecule has 0 aliphatic carbocycles. The second-order valence-corrected chi connectivity index (χ2v) is 7.53. The van der Waals surface area contributed by atoms with E-state index in [1.807, 2.05) is 43.0 Å². The van der Waals surface area contributed by atoms with Gasteiger partial charge in [0, 0.05) is 24.0 Å². The highest BCUT2D eigenvalue weighted by Gasteiger charge is 2.34. The summed E-state index contributed by atoms with van der Waals surface area (Å²) < 4.78 is 5.20. The number of hydrogen-bond acceptors (Lipinski definition) is 8. The molecule has 1 aromatic carbocycles. The average Bonchev–Trinajstić information content (AvgIpc) is 3.10. The third kappa shape index (κ3) is 3.30. The molecule has 3 aromatic rings. The molecule has 4 rings (SSSR count). The van der Waals surface area contributed by atoms with Gasteiger partial charge in [-0.05, 0) is 31.5 Å². The summed E-state index contributed by atoms with van der Waals surface area (Å²) in [6.45, 7) is 5.62. The summed E-state index contributed by atoms with van der Waals surface area (Å²) in [6.07, 6.45) is 0.116. The molecule has 1 aliphatic rings. The van der Waals surface area contributed by atoms with E-state index in [-0.39, 0.29) is 24.0 Å². The first kappa shape index (κ1) is 21.2. The molecular weight excluding hydrogens is 406 g/mol. The van der Waals surface area contributed by atoms with Crippen molar-refractivity contribution in [3.05, 3.63) is 41.0 Å². The van der Waals surface area contributed by atoms with Gasteiger partial charge in [-0.15, -0.1) is 0 Å². The van der Waals surface area contributed by atoms with E-state index in [4.69, 9.17) is 16.2 Å². The number of hydrogen-bond donors (Lipinski definition) is 2. The maximum atomic E-state index is 13.0. The summed E-state index contributed by atoms with van der Waals surface area (Å²) in [5, 5.41) is 11.0. The minimum absolute atomic E-state index is 0.112. The minimum atomic E-state index is -0.112. The number of carbonyl (C=O) groups excluding carboxylic acids is 1. The van der Waals surface area contributed by atoms with Gasteiger partial charge in [0.2, 0.25) is 5.91 Å². The number of carbonyl (C=O) groups is 1. The SMILES string of the molecule is CCN(CC)c1nc(N)c2c(N)nc3c(c2c1C#N)CC(=O)N3Cc1ccc(OC)cc1. The Morgan fingerprint density at radius 3 is 2.38 bits per heavy atom. The number of rotatable bonds is 6. The number of methoxy groups -OCH3 is 1. The van der Waals surface area contributed by atoms with Crippen molar-refractivity contribution in [3.8, 4) is 11.8 Å². The molecule has 4 N–H and O–H groups in total. The summed E-state index contributed by atoms with van der Waals surface area (Å²) >= 11 is 0. The molecule has 0 radical (unpaired) electrons. The van der Waals surface area contributed by atoms with Gasteiger partial charge in [-0.3, -0.25) is 9.69 Å². The number of nitriles is 1. The van der Waals surface area contributed by atoms with Crippen molar-refractivity contribution in [3.63, 3.8) is 0 Å². The van der Waals surface area contributed by atoms with Gasteiger partial charge >= 0.3 is 0 Å². The monoisotopic (exact) mass is 431 g/mol. The van der Waals surface area contributed by atoms with Gasteiger partial charge in [-0.1, -0.05) is 12.1 Å². The lowest BCUT2D eigenvalue weighted by molar-refractivity contribution is -0.117. The van der Waals surface area contributed by atoms with Crippen LogP contribution in [0.2, 0.25) is 0 Å². The van der Waals surface area contributed by atoms with Crippen molar-refractivity contribution in [2.75, 3.05) is 41.5 Å². The average molecular weight is 432 g/mol. The first-order chi connectivity index (χ1) is 15.4. The number of nitrogens with zero attached hydrogens (tertiary/aromatic N) is 5. The lowest BCUT2D eigenvalue weighted by Gasteiger charge is -2.23. The fraction of sp³-hybridized carbons (Fsp3) is 0.304. The van der Waals surface area contributed by atoms with Gasteiger partial charge in [0.05, 0.1) is 25.5 Å². The molecule has 9 nitrogen and oxygen atoms in total. The number of fused-ring (bicyclic) bond motifs is 3. The zero-order valence-electron chi connectivity index (χ0n) is 18.3. The Hall–Kier alpha value is -4.06. The first-order valence-corrected chi connectivity index (χ1v) is 10.4. The standard InChI is InChI=1S/C23H25N7O2/c1-4-29(5-2)22-16(11-24)18-15-10-17(31)30(12-13-6-8-14(32-3)9-7-13)23(15)28-21(26)19(18)20(25)27-22/h6-9H,4-5,10,12H2,1-3H3,(H2,25,27)(H2,26,28). The van der Waals surface area contributed by atoms with Crippen molar-refractivity contribution < 1.29 is 9.53 Å². The molecule has 1 amide bonds. The van der Waals surface area contributed by atoms with Crippen LogP contribution >= 0.6 is 0 Å². The predicted octanol–water partition coefficient (Wildman–Crippen LogP) is 2.61. The molecule has 3 heterocycles. The van der Waals surface area contributed by atoms with Crippen LogP contribution in [0.5, 0.6) is 5.75 Å². The number of amides is 1. The number of nitrogens with two attached hydrogens (primary N) is 2. The number of pyridine rings is 2. The molecule has 0 unspecified atom stereocenters. The number of aromatic nitrogens is 2. The highest BCUT2D eigenvalue weighted by molar-refractivity contribution is 6.13. The minimum Gasteiger partial charge on any atom is -0.497 e. The van der Waals surface area contributed by atoms with Gasteiger partial charge in [0.25, 0.3) is 0 Å². The molecule has 0 bridgehead atoms. The van der Waals surface area contributed by atoms with Crippen LogP contribution in [0.3, 0.4) is 0 Å². The Kier molecular flexibility index (Phi) is 5.45. The molecule has 1 aliphatic heterocycles. The summed E-state index contributed by atoms with van der Waals surface area (Å²) in [7, 11) is 1.60. The zero-order valence-corrected chi connectivity index (χ0v) is 18.3. The smallest absolute Gasteiger partial charge is 0.233 e. The molecular formula is C23H25N7O2. The number of ether oxygens (including phenoxy) is 1. The zero-order chi connectivity index (χ0) is 23.0. The van der Waals surface area contributed by atoms with Gasteiger partial charge in [-0.25, -0.2) is 9.97 Å². The summed E-state index contributed by atoms with van der Waals surface area (Å²) in [5.41, 5.74) is 14.5. The third-order valence-electron chi connectivity index (χ3n) is 5.82. The van der Waals surface area contributed by atoms with E-state index in [0.717, 1.165) is 11.3 Å². The Labute approximate surface area is 186 Å². The van der Waals surface area contributed by atoms with Crippen LogP contribution in [0.25, 0.3) is 10.8 Å². The van der Waals surface area contributed by atoms with Crippen molar-refractivity contribution in [1.29, 1.82) is 5.26 Å². The van der Waals surface area contributed by atoms with E-state index >= 15 is 0 Å². The van der Waals surface area contributed by atoms with E-state index in [1.54, 1.807) is 12.0 Å². The second kappa shape index (κ2) is 8.23. The van der Waals surface area contributed by atoms with Crippen molar-refractivity contribution in [2.45, 2.75) is 26.8 Å². The van der Waals surface area contributed by atoms with Gasteiger partial charge in [0.1, 0.15) is 40.7 Å². The quantitative estimate of drug-likeness (QED) is 0.608. The highest BCUT2D eigenvalue weighted by Crippen LogP contribution is 2.42. The molecule has 0 spiro atoms. The molecule has 0 saturated carbocycles.